The largest absolute Gasteiger partial charge is 0.489 e. The van der Waals surface area contributed by atoms with E-state index in [2.05, 4.69) is 4.98 Å². The average molecular weight is 437 g/mol. The summed E-state index contributed by atoms with van der Waals surface area (Å²) in [5, 5.41) is 8.72. The minimum Gasteiger partial charge on any atom is -0.489 e. The highest BCUT2D eigenvalue weighted by molar-refractivity contribution is 7.89. The van der Waals surface area contributed by atoms with Crippen molar-refractivity contribution in [1.82, 2.24) is 14.8 Å². The molecule has 0 bridgehead atoms. The number of benzene rings is 1. The number of hydroxylamine groups is 1. The molecule has 1 amide bonds. The summed E-state index contributed by atoms with van der Waals surface area (Å²) in [7, 11) is -4.01. The Hall–Kier alpha value is -2.73. The van der Waals surface area contributed by atoms with Gasteiger partial charge in [-0.1, -0.05) is 0 Å². The van der Waals surface area contributed by atoms with Gasteiger partial charge in [-0.25, -0.2) is 18.7 Å². The van der Waals surface area contributed by atoms with Gasteiger partial charge >= 0.3 is 6.09 Å². The Morgan fingerprint density at radius 1 is 1.23 bits per heavy atom. The zero-order chi connectivity index (χ0) is 21.7. The first-order valence-corrected chi connectivity index (χ1v) is 10.6. The van der Waals surface area contributed by atoms with Crippen molar-refractivity contribution < 1.29 is 32.6 Å². The summed E-state index contributed by atoms with van der Waals surface area (Å²) in [6.45, 7) is 3.61. The fourth-order valence-electron chi connectivity index (χ4n) is 3.08. The van der Waals surface area contributed by atoms with Crippen LogP contribution in [0.15, 0.2) is 53.7 Å². The van der Waals surface area contributed by atoms with Crippen LogP contribution < -0.4 is 10.2 Å². The van der Waals surface area contributed by atoms with E-state index < -0.39 is 34.6 Å². The molecule has 0 aliphatic carbocycles. The maximum atomic E-state index is 13.2. The summed E-state index contributed by atoms with van der Waals surface area (Å²) in [6, 6.07) is 9.59. The molecule has 1 aromatic carbocycles. The van der Waals surface area contributed by atoms with Crippen LogP contribution in [-0.2, 0) is 26.1 Å². The minimum atomic E-state index is -4.01. The smallest absolute Gasteiger partial charge is 0.432 e. The van der Waals surface area contributed by atoms with E-state index in [0.29, 0.717) is 12.4 Å². The van der Waals surface area contributed by atoms with Gasteiger partial charge in [-0.15, -0.1) is 0 Å². The van der Waals surface area contributed by atoms with Gasteiger partial charge in [-0.3, -0.25) is 10.2 Å². The third kappa shape index (κ3) is 5.05. The highest BCUT2D eigenvalue weighted by Crippen LogP contribution is 2.28. The van der Waals surface area contributed by atoms with Crippen LogP contribution in [0.5, 0.6) is 5.75 Å². The van der Waals surface area contributed by atoms with Gasteiger partial charge < -0.3 is 14.2 Å². The molecule has 1 saturated heterocycles. The number of carbonyl (C=O) groups is 1. The summed E-state index contributed by atoms with van der Waals surface area (Å²) >= 11 is 0. The molecule has 3 rings (SSSR count). The zero-order valence-electron chi connectivity index (χ0n) is 16.5. The molecule has 0 radical (unpaired) electrons. The topological polar surface area (TPSA) is 127 Å². The highest BCUT2D eigenvalue weighted by atomic mass is 32.2. The monoisotopic (exact) mass is 437 g/mol. The molecule has 2 N–H and O–H groups in total. The molecule has 1 aliphatic heterocycles. The zero-order valence-corrected chi connectivity index (χ0v) is 17.3. The van der Waals surface area contributed by atoms with Crippen molar-refractivity contribution in [2.75, 3.05) is 6.54 Å². The third-order valence-corrected chi connectivity index (χ3v) is 6.32. The molecule has 3 atom stereocenters. The molecular weight excluding hydrogens is 414 g/mol. The minimum absolute atomic E-state index is 0.0121. The number of sulfonamides is 1. The van der Waals surface area contributed by atoms with E-state index in [9.17, 15) is 13.2 Å². The second kappa shape index (κ2) is 9.39. The van der Waals surface area contributed by atoms with Gasteiger partial charge in [0.15, 0.2) is 6.23 Å². The Bertz CT molecular complexity index is 954. The summed E-state index contributed by atoms with van der Waals surface area (Å²) in [5.74, 6) is 0.502. The predicted octanol–water partition coefficient (Wildman–Crippen LogP) is 1.90. The number of hydrogen-bond donors (Lipinski definition) is 2. The molecule has 0 saturated carbocycles. The maximum Gasteiger partial charge on any atom is 0.432 e. The van der Waals surface area contributed by atoms with Crippen LogP contribution in [0.4, 0.5) is 4.79 Å². The van der Waals surface area contributed by atoms with Gasteiger partial charge in [-0.05, 0) is 55.8 Å². The van der Waals surface area contributed by atoms with E-state index in [1.807, 2.05) is 12.1 Å². The van der Waals surface area contributed by atoms with Crippen molar-refractivity contribution in [2.24, 2.45) is 0 Å². The Labute approximate surface area is 174 Å². The number of morpholine rings is 1. The van der Waals surface area contributed by atoms with E-state index in [1.54, 1.807) is 38.4 Å². The molecule has 2 heterocycles. The van der Waals surface area contributed by atoms with E-state index in [1.165, 1.54) is 17.6 Å². The van der Waals surface area contributed by atoms with Crippen LogP contribution in [0, 0.1) is 0 Å². The molecule has 2 aromatic rings. The molecule has 1 fully saturated rings. The lowest BCUT2D eigenvalue weighted by Gasteiger charge is -2.40. The van der Waals surface area contributed by atoms with E-state index >= 15 is 0 Å². The Morgan fingerprint density at radius 2 is 1.90 bits per heavy atom. The number of ether oxygens (including phenoxy) is 3. The number of nitrogens with one attached hydrogen (secondary N) is 1. The van der Waals surface area contributed by atoms with Gasteiger partial charge in [0.2, 0.25) is 10.0 Å². The number of rotatable bonds is 6. The summed E-state index contributed by atoms with van der Waals surface area (Å²) in [6.07, 6.45) is -0.229. The second-order valence-corrected chi connectivity index (χ2v) is 8.64. The Balaban J connectivity index is 1.77. The second-order valence-electron chi connectivity index (χ2n) is 6.75. The maximum absolute atomic E-state index is 13.2. The molecule has 10 nitrogen and oxygen atoms in total. The van der Waals surface area contributed by atoms with Crippen molar-refractivity contribution in [2.45, 2.75) is 43.8 Å². The molecule has 11 heteroatoms. The molecular formula is C19H23N3O7S. The number of carbonyl (C=O) groups excluding carboxylic acids is 1. The van der Waals surface area contributed by atoms with Gasteiger partial charge in [0.25, 0.3) is 0 Å². The van der Waals surface area contributed by atoms with Crippen LogP contribution in [0.2, 0.25) is 0 Å². The number of hydrogen-bond acceptors (Lipinski definition) is 8. The SMILES string of the molecule is C[C@@H]1O[C@@H](C)CN(S(=O)(=O)c2ccc(OCc3ccncc3)cc2)[C@@H]1OC(=O)NO. The van der Waals surface area contributed by atoms with Crippen molar-refractivity contribution in [3.05, 3.63) is 54.4 Å². The third-order valence-electron chi connectivity index (χ3n) is 4.47. The van der Waals surface area contributed by atoms with Crippen LogP contribution in [0.3, 0.4) is 0 Å². The van der Waals surface area contributed by atoms with E-state index in [0.717, 1.165) is 9.87 Å². The highest BCUT2D eigenvalue weighted by Gasteiger charge is 2.43. The normalized spacial score (nSPS) is 22.3. The van der Waals surface area contributed by atoms with Crippen molar-refractivity contribution >= 4 is 16.1 Å². The van der Waals surface area contributed by atoms with Gasteiger partial charge in [0.1, 0.15) is 18.5 Å². The van der Waals surface area contributed by atoms with Crippen LogP contribution in [0.25, 0.3) is 0 Å². The molecule has 1 aliphatic rings. The molecule has 162 valence electrons. The van der Waals surface area contributed by atoms with Crippen LogP contribution in [0.1, 0.15) is 19.4 Å². The lowest BCUT2D eigenvalue weighted by atomic mass is 10.2. The first-order chi connectivity index (χ1) is 14.3. The van der Waals surface area contributed by atoms with Gasteiger partial charge in [-0.2, -0.15) is 4.31 Å². The quantitative estimate of drug-likeness (QED) is 0.518. The summed E-state index contributed by atoms with van der Waals surface area (Å²) in [5.41, 5.74) is 2.26. The number of nitrogens with zero attached hydrogens (tertiary/aromatic N) is 2. The lowest BCUT2D eigenvalue weighted by Crippen LogP contribution is -2.57. The fourth-order valence-corrected chi connectivity index (χ4v) is 4.73. The Kier molecular flexibility index (Phi) is 6.87. The number of pyridine rings is 1. The van der Waals surface area contributed by atoms with Crippen molar-refractivity contribution in [3.63, 3.8) is 0 Å². The first-order valence-electron chi connectivity index (χ1n) is 9.21. The predicted molar refractivity (Wildman–Crippen MR) is 104 cm³/mol. The van der Waals surface area contributed by atoms with Gasteiger partial charge in [0.05, 0.1) is 11.0 Å². The van der Waals surface area contributed by atoms with Crippen LogP contribution in [-0.4, -0.2) is 54.0 Å². The van der Waals surface area contributed by atoms with E-state index in [4.69, 9.17) is 19.4 Å². The first kappa shape index (κ1) is 22.0. The Morgan fingerprint density at radius 3 is 2.53 bits per heavy atom. The molecule has 1 aromatic heterocycles. The summed E-state index contributed by atoms with van der Waals surface area (Å²) in [4.78, 5) is 15.4. The number of amides is 1. The fraction of sp³-hybridized carbons (Fsp3) is 0.368. The van der Waals surface area contributed by atoms with Crippen molar-refractivity contribution in [1.29, 1.82) is 0 Å². The molecule has 0 spiro atoms. The molecule has 0 unspecified atom stereocenters. The standard InChI is InChI=1S/C19H23N3O7S/c1-13-11-22(18(14(2)28-13)29-19(23)21-24)30(25,26)17-5-3-16(4-6-17)27-12-15-7-9-20-10-8-15/h3-10,13-14,18,24H,11-12H2,1-2H3,(H,21,23)/t13-,14-,18+/m0/s1. The molecule has 30 heavy (non-hydrogen) atoms. The van der Waals surface area contributed by atoms with Crippen molar-refractivity contribution in [3.8, 4) is 5.75 Å². The lowest BCUT2D eigenvalue weighted by molar-refractivity contribution is -0.151. The van der Waals surface area contributed by atoms with Gasteiger partial charge in [0, 0.05) is 18.9 Å². The van der Waals surface area contributed by atoms with Crippen LogP contribution >= 0.6 is 0 Å². The number of aromatic nitrogens is 1. The summed E-state index contributed by atoms with van der Waals surface area (Å²) < 4.78 is 43.7. The van der Waals surface area contributed by atoms with E-state index in [-0.39, 0.29) is 11.4 Å². The average Bonchev–Trinajstić information content (AvgIpc) is 2.74.